The van der Waals surface area contributed by atoms with Crippen LogP contribution in [0.3, 0.4) is 0 Å². The lowest BCUT2D eigenvalue weighted by Crippen LogP contribution is -2.02. The molecular weight excluding hydrogens is 585 g/mol. The summed E-state index contributed by atoms with van der Waals surface area (Å²) in [6.45, 7) is 0. The van der Waals surface area contributed by atoms with E-state index < -0.39 is 0 Å². The van der Waals surface area contributed by atoms with Crippen molar-refractivity contribution < 1.29 is 0 Å². The third-order valence-electron chi connectivity index (χ3n) is 9.47. The van der Waals surface area contributed by atoms with E-state index in [0.29, 0.717) is 0 Å². The van der Waals surface area contributed by atoms with Gasteiger partial charge < -0.3 is 9.13 Å². The lowest BCUT2D eigenvalue weighted by molar-refractivity contribution is 1.13. The number of hydrogen-bond acceptors (Lipinski definition) is 2. The fraction of sp³-hybridized carbons (Fsp3) is 0. The van der Waals surface area contributed by atoms with Crippen LogP contribution in [0.1, 0.15) is 0 Å². The zero-order valence-electron chi connectivity index (χ0n) is 26.0. The first-order valence-electron chi connectivity index (χ1n) is 16.3. The van der Waals surface area contributed by atoms with E-state index in [9.17, 15) is 0 Å². The summed E-state index contributed by atoms with van der Waals surface area (Å²) in [5.74, 6) is 0. The van der Waals surface area contributed by atoms with E-state index in [1.54, 1.807) is 0 Å². The van der Waals surface area contributed by atoms with E-state index in [1.807, 2.05) is 30.3 Å². The van der Waals surface area contributed by atoms with Crippen molar-refractivity contribution in [3.63, 3.8) is 0 Å². The lowest BCUT2D eigenvalue weighted by atomic mass is 10.0. The SMILES string of the molecule is c1ccc(-c2nc3ccccc3nc2-c2cc(-n3c4ccccc4c4ccccc43)cc(-n3c4ccccc4c4ccccc43)c2)cc1. The van der Waals surface area contributed by atoms with E-state index in [2.05, 4.69) is 149 Å². The topological polar surface area (TPSA) is 35.6 Å². The van der Waals surface area contributed by atoms with E-state index >= 15 is 0 Å². The van der Waals surface area contributed by atoms with Crippen molar-refractivity contribution in [2.75, 3.05) is 0 Å². The minimum atomic E-state index is 0.851. The van der Waals surface area contributed by atoms with Gasteiger partial charge in [0, 0.05) is 44.0 Å². The Labute approximate surface area is 276 Å². The van der Waals surface area contributed by atoms with Crippen molar-refractivity contribution in [2.24, 2.45) is 0 Å². The minimum Gasteiger partial charge on any atom is -0.309 e. The van der Waals surface area contributed by atoms with Crippen LogP contribution in [0.4, 0.5) is 0 Å². The molecule has 0 saturated carbocycles. The fourth-order valence-corrected chi connectivity index (χ4v) is 7.39. The molecule has 3 aromatic heterocycles. The third-order valence-corrected chi connectivity index (χ3v) is 9.47. The summed E-state index contributed by atoms with van der Waals surface area (Å²) in [6, 6.07) is 60.1. The summed E-state index contributed by atoms with van der Waals surface area (Å²) in [6.07, 6.45) is 0. The highest BCUT2D eigenvalue weighted by Crippen LogP contribution is 2.39. The average molecular weight is 613 g/mol. The Bertz CT molecular complexity index is 2600. The van der Waals surface area contributed by atoms with E-state index in [-0.39, 0.29) is 0 Å². The number of rotatable bonds is 4. The van der Waals surface area contributed by atoms with E-state index in [0.717, 1.165) is 67.0 Å². The number of nitrogens with zero attached hydrogens (tertiary/aromatic N) is 4. The monoisotopic (exact) mass is 612 g/mol. The zero-order valence-corrected chi connectivity index (χ0v) is 26.0. The maximum atomic E-state index is 5.33. The molecule has 10 rings (SSSR count). The Morgan fingerprint density at radius 1 is 0.312 bits per heavy atom. The second-order valence-corrected chi connectivity index (χ2v) is 12.3. The number of hydrogen-bond donors (Lipinski definition) is 0. The van der Waals surface area contributed by atoms with Gasteiger partial charge in [0.2, 0.25) is 0 Å². The molecule has 48 heavy (non-hydrogen) atoms. The second-order valence-electron chi connectivity index (χ2n) is 12.3. The van der Waals surface area contributed by atoms with Crippen LogP contribution in [-0.2, 0) is 0 Å². The average Bonchev–Trinajstić information content (AvgIpc) is 3.68. The van der Waals surface area contributed by atoms with Gasteiger partial charge in [-0.2, -0.15) is 0 Å². The lowest BCUT2D eigenvalue weighted by Gasteiger charge is -2.17. The number of fused-ring (bicyclic) bond motifs is 7. The smallest absolute Gasteiger partial charge is 0.0974 e. The molecule has 0 fully saturated rings. The molecule has 0 N–H and O–H groups in total. The predicted molar refractivity (Wildman–Crippen MR) is 199 cm³/mol. The number of para-hydroxylation sites is 6. The highest BCUT2D eigenvalue weighted by molar-refractivity contribution is 6.10. The highest BCUT2D eigenvalue weighted by atomic mass is 15.0. The Kier molecular flexibility index (Phi) is 5.84. The van der Waals surface area contributed by atoms with Crippen LogP contribution in [0.25, 0.3) is 88.5 Å². The molecule has 0 unspecified atom stereocenters. The summed E-state index contributed by atoms with van der Waals surface area (Å²) in [5.41, 5.74) is 12.3. The van der Waals surface area contributed by atoms with Crippen LogP contribution in [0.2, 0.25) is 0 Å². The quantitative estimate of drug-likeness (QED) is 0.198. The first-order valence-corrected chi connectivity index (χ1v) is 16.3. The molecule has 0 amide bonds. The van der Waals surface area contributed by atoms with Gasteiger partial charge in [-0.25, -0.2) is 9.97 Å². The van der Waals surface area contributed by atoms with Crippen molar-refractivity contribution >= 4 is 54.6 Å². The van der Waals surface area contributed by atoms with Gasteiger partial charge in [-0.15, -0.1) is 0 Å². The molecule has 0 atom stereocenters. The summed E-state index contributed by atoms with van der Waals surface area (Å²) in [4.78, 5) is 10.6. The molecule has 3 heterocycles. The molecular formula is C44H28N4. The second kappa shape index (κ2) is 10.5. The summed E-state index contributed by atoms with van der Waals surface area (Å²) < 4.78 is 4.78. The van der Waals surface area contributed by atoms with E-state index in [4.69, 9.17) is 9.97 Å². The van der Waals surface area contributed by atoms with Crippen LogP contribution < -0.4 is 0 Å². The third kappa shape index (κ3) is 4.03. The molecule has 0 radical (unpaired) electrons. The van der Waals surface area contributed by atoms with Gasteiger partial charge in [0.25, 0.3) is 0 Å². The number of benzene rings is 7. The molecule has 0 bridgehead atoms. The van der Waals surface area contributed by atoms with Crippen LogP contribution in [0.15, 0.2) is 170 Å². The van der Waals surface area contributed by atoms with E-state index in [1.165, 1.54) is 21.5 Å². The Morgan fingerprint density at radius 2 is 0.667 bits per heavy atom. The molecule has 224 valence electrons. The number of aromatic nitrogens is 4. The minimum absolute atomic E-state index is 0.851. The maximum absolute atomic E-state index is 5.33. The van der Waals surface area contributed by atoms with Crippen LogP contribution in [0, 0.1) is 0 Å². The first-order chi connectivity index (χ1) is 23.8. The molecule has 7 aromatic carbocycles. The van der Waals surface area contributed by atoms with Crippen LogP contribution in [-0.4, -0.2) is 19.1 Å². The molecule has 0 aliphatic carbocycles. The van der Waals surface area contributed by atoms with Gasteiger partial charge in [-0.1, -0.05) is 115 Å². The normalized spacial score (nSPS) is 11.8. The van der Waals surface area contributed by atoms with Gasteiger partial charge in [0.15, 0.2) is 0 Å². The molecule has 0 aliphatic rings. The van der Waals surface area contributed by atoms with Crippen LogP contribution >= 0.6 is 0 Å². The van der Waals surface area contributed by atoms with Crippen molar-refractivity contribution in [1.29, 1.82) is 0 Å². The predicted octanol–water partition coefficient (Wildman–Crippen LogP) is 11.2. The maximum Gasteiger partial charge on any atom is 0.0974 e. The summed E-state index contributed by atoms with van der Waals surface area (Å²) >= 11 is 0. The van der Waals surface area contributed by atoms with Crippen molar-refractivity contribution in [2.45, 2.75) is 0 Å². The van der Waals surface area contributed by atoms with Crippen LogP contribution in [0.5, 0.6) is 0 Å². The van der Waals surface area contributed by atoms with Gasteiger partial charge >= 0.3 is 0 Å². The first kappa shape index (κ1) is 26.7. The Morgan fingerprint density at radius 3 is 1.10 bits per heavy atom. The van der Waals surface area contributed by atoms with Gasteiger partial charge in [0.1, 0.15) is 0 Å². The Hall–Kier alpha value is -6.52. The van der Waals surface area contributed by atoms with Gasteiger partial charge in [-0.3, -0.25) is 0 Å². The zero-order chi connectivity index (χ0) is 31.6. The molecule has 10 aromatic rings. The van der Waals surface area contributed by atoms with Crippen molar-refractivity contribution in [3.8, 4) is 33.9 Å². The van der Waals surface area contributed by atoms with Gasteiger partial charge in [0.05, 0.1) is 44.5 Å². The largest absolute Gasteiger partial charge is 0.309 e. The Balaban J connectivity index is 1.35. The van der Waals surface area contributed by atoms with Crippen molar-refractivity contribution in [1.82, 2.24) is 19.1 Å². The van der Waals surface area contributed by atoms with Gasteiger partial charge in [-0.05, 0) is 54.6 Å². The summed E-state index contributed by atoms with van der Waals surface area (Å²) in [5, 5.41) is 4.92. The fourth-order valence-electron chi connectivity index (χ4n) is 7.39. The standard InChI is InChI=1S/C44H28N4/c1-2-14-29(15-3-1)43-44(46-38-21-9-8-20-37(38)45-43)30-26-31(47-39-22-10-4-16-33(39)34-17-5-11-23-40(34)47)28-32(27-30)48-41-24-12-6-18-35(41)36-19-7-13-25-42(36)48/h1-28H. The van der Waals surface area contributed by atoms with Crippen molar-refractivity contribution in [3.05, 3.63) is 170 Å². The highest BCUT2D eigenvalue weighted by Gasteiger charge is 2.20. The molecule has 0 saturated heterocycles. The molecule has 0 spiro atoms. The summed E-state index contributed by atoms with van der Waals surface area (Å²) in [7, 11) is 0. The molecule has 4 nitrogen and oxygen atoms in total. The molecule has 4 heteroatoms. The molecule has 0 aliphatic heterocycles.